The molecule has 0 radical (unpaired) electrons. The average Bonchev–Trinajstić information content (AvgIpc) is 2.74. The van der Waals surface area contributed by atoms with Crippen LogP contribution in [-0.2, 0) is 14.8 Å². The molecule has 108 valence electrons. The molecule has 0 fully saturated rings. The standard InChI is InChI=1S/C10H11N3O6S/c14-4-8(9(15)16)13-20(18,19)5-1-2-6-7(3-5)12-10(17)11-6/h1-3,8,13-14H,4H2,(H,15,16)(H2,11,12,17)/t8-/m1/s1. The van der Waals surface area contributed by atoms with E-state index in [1.165, 1.54) is 18.2 Å². The molecule has 2 rings (SSSR count). The lowest BCUT2D eigenvalue weighted by Crippen LogP contribution is -2.43. The summed E-state index contributed by atoms with van der Waals surface area (Å²) in [5.41, 5.74) is 0.209. The fourth-order valence-electron chi connectivity index (χ4n) is 1.60. The van der Waals surface area contributed by atoms with Crippen LogP contribution in [0.3, 0.4) is 0 Å². The average molecular weight is 301 g/mol. The number of rotatable bonds is 5. The minimum Gasteiger partial charge on any atom is -0.480 e. The Morgan fingerprint density at radius 3 is 2.55 bits per heavy atom. The number of carboxylic acid groups (broad SMARTS) is 1. The lowest BCUT2D eigenvalue weighted by atomic mass is 10.3. The zero-order valence-electron chi connectivity index (χ0n) is 9.95. The molecule has 0 unspecified atom stereocenters. The van der Waals surface area contributed by atoms with Gasteiger partial charge in [-0.1, -0.05) is 0 Å². The van der Waals surface area contributed by atoms with Crippen molar-refractivity contribution in [2.24, 2.45) is 0 Å². The Bertz CT molecular complexity index is 806. The summed E-state index contributed by atoms with van der Waals surface area (Å²) in [5, 5.41) is 17.5. The molecule has 2 aromatic rings. The first-order chi connectivity index (χ1) is 9.33. The number of carbonyl (C=O) groups is 1. The van der Waals surface area contributed by atoms with Gasteiger partial charge in [0.15, 0.2) is 0 Å². The number of aliphatic carboxylic acids is 1. The third-order valence-electron chi connectivity index (χ3n) is 2.58. The number of carboxylic acids is 1. The highest BCUT2D eigenvalue weighted by molar-refractivity contribution is 7.89. The summed E-state index contributed by atoms with van der Waals surface area (Å²) >= 11 is 0. The van der Waals surface area contributed by atoms with E-state index in [1.54, 1.807) is 0 Å². The number of benzene rings is 1. The number of H-pyrrole nitrogens is 2. The number of aliphatic hydroxyl groups is 1. The van der Waals surface area contributed by atoms with Gasteiger partial charge in [-0.15, -0.1) is 0 Å². The lowest BCUT2D eigenvalue weighted by molar-refractivity contribution is -0.139. The van der Waals surface area contributed by atoms with Gasteiger partial charge in [0.25, 0.3) is 0 Å². The van der Waals surface area contributed by atoms with Crippen molar-refractivity contribution < 1.29 is 23.4 Å². The monoisotopic (exact) mass is 301 g/mol. The van der Waals surface area contributed by atoms with Gasteiger partial charge in [-0.3, -0.25) is 4.79 Å². The molecule has 0 aliphatic rings. The van der Waals surface area contributed by atoms with Crippen molar-refractivity contribution in [3.05, 3.63) is 28.7 Å². The highest BCUT2D eigenvalue weighted by Crippen LogP contribution is 2.15. The Morgan fingerprint density at radius 2 is 1.95 bits per heavy atom. The Hall–Kier alpha value is -2.17. The van der Waals surface area contributed by atoms with Gasteiger partial charge >= 0.3 is 11.7 Å². The number of aromatic amines is 2. The Labute approximate surface area is 112 Å². The topological polar surface area (TPSA) is 152 Å². The maximum absolute atomic E-state index is 12.0. The Kier molecular flexibility index (Phi) is 3.61. The number of nitrogens with one attached hydrogen (secondary N) is 3. The largest absolute Gasteiger partial charge is 0.480 e. The summed E-state index contributed by atoms with van der Waals surface area (Å²) in [4.78, 5) is 26.4. The Balaban J connectivity index is 2.40. The van der Waals surface area contributed by atoms with Crippen molar-refractivity contribution in [2.75, 3.05) is 6.61 Å². The van der Waals surface area contributed by atoms with Crippen LogP contribution in [0.1, 0.15) is 0 Å². The maximum Gasteiger partial charge on any atom is 0.324 e. The maximum atomic E-state index is 12.0. The number of aliphatic hydroxyl groups excluding tert-OH is 1. The smallest absolute Gasteiger partial charge is 0.324 e. The van der Waals surface area contributed by atoms with Crippen molar-refractivity contribution >= 4 is 27.0 Å². The highest BCUT2D eigenvalue weighted by Gasteiger charge is 2.24. The van der Waals surface area contributed by atoms with Crippen molar-refractivity contribution in [3.8, 4) is 0 Å². The van der Waals surface area contributed by atoms with Crippen LogP contribution < -0.4 is 10.4 Å². The van der Waals surface area contributed by atoms with Gasteiger partial charge in [0.2, 0.25) is 10.0 Å². The molecule has 0 saturated heterocycles. The van der Waals surface area contributed by atoms with Gasteiger partial charge in [-0.05, 0) is 18.2 Å². The van der Waals surface area contributed by atoms with E-state index in [9.17, 15) is 18.0 Å². The van der Waals surface area contributed by atoms with E-state index in [1.807, 2.05) is 4.72 Å². The molecule has 0 saturated carbocycles. The number of aromatic nitrogens is 2. The molecule has 9 nitrogen and oxygen atoms in total. The molecule has 20 heavy (non-hydrogen) atoms. The summed E-state index contributed by atoms with van der Waals surface area (Å²) in [6, 6.07) is 2.13. The number of hydrogen-bond acceptors (Lipinski definition) is 5. The fourth-order valence-corrected chi connectivity index (χ4v) is 2.81. The summed E-state index contributed by atoms with van der Waals surface area (Å²) in [6.07, 6.45) is 0. The second kappa shape index (κ2) is 5.07. The minimum atomic E-state index is -4.13. The van der Waals surface area contributed by atoms with E-state index in [0.717, 1.165) is 0 Å². The van der Waals surface area contributed by atoms with E-state index >= 15 is 0 Å². The third-order valence-corrected chi connectivity index (χ3v) is 4.05. The Morgan fingerprint density at radius 1 is 1.30 bits per heavy atom. The molecule has 0 aliphatic carbocycles. The molecular weight excluding hydrogens is 290 g/mol. The molecule has 1 aromatic carbocycles. The number of hydrogen-bond donors (Lipinski definition) is 5. The van der Waals surface area contributed by atoms with Crippen molar-refractivity contribution in [3.63, 3.8) is 0 Å². The molecule has 10 heteroatoms. The van der Waals surface area contributed by atoms with E-state index in [4.69, 9.17) is 10.2 Å². The van der Waals surface area contributed by atoms with Crippen molar-refractivity contribution in [2.45, 2.75) is 10.9 Å². The zero-order valence-corrected chi connectivity index (χ0v) is 10.8. The predicted molar refractivity (Wildman–Crippen MR) is 67.8 cm³/mol. The zero-order chi connectivity index (χ0) is 14.9. The first kappa shape index (κ1) is 14.2. The third kappa shape index (κ3) is 2.71. The number of sulfonamides is 1. The van der Waals surface area contributed by atoms with E-state index in [0.29, 0.717) is 5.52 Å². The SMILES string of the molecule is O=C(O)[C@@H](CO)NS(=O)(=O)c1ccc2[nH]c(=O)[nH]c2c1. The van der Waals surface area contributed by atoms with Crippen LogP contribution in [0.2, 0.25) is 0 Å². The van der Waals surface area contributed by atoms with Crippen LogP contribution >= 0.6 is 0 Å². The van der Waals surface area contributed by atoms with Gasteiger partial charge in [-0.2, -0.15) is 4.72 Å². The first-order valence-corrected chi connectivity index (χ1v) is 6.90. The summed E-state index contributed by atoms with van der Waals surface area (Å²) in [6.45, 7) is -0.877. The van der Waals surface area contributed by atoms with E-state index in [-0.39, 0.29) is 10.4 Å². The second-order valence-corrected chi connectivity index (χ2v) is 5.70. The van der Waals surface area contributed by atoms with Crippen molar-refractivity contribution in [1.82, 2.24) is 14.7 Å². The van der Waals surface area contributed by atoms with Crippen molar-refractivity contribution in [1.29, 1.82) is 0 Å². The summed E-state index contributed by atoms with van der Waals surface area (Å²) < 4.78 is 25.8. The van der Waals surface area contributed by atoms with Crippen LogP contribution in [0.5, 0.6) is 0 Å². The first-order valence-electron chi connectivity index (χ1n) is 5.41. The van der Waals surface area contributed by atoms with Crippen LogP contribution in [0.25, 0.3) is 11.0 Å². The normalized spacial score (nSPS) is 13.4. The minimum absolute atomic E-state index is 0.222. The van der Waals surface area contributed by atoms with Gasteiger partial charge in [0, 0.05) is 0 Å². The molecule has 5 N–H and O–H groups in total. The molecule has 0 spiro atoms. The van der Waals surface area contributed by atoms with Gasteiger partial charge in [0.05, 0.1) is 22.5 Å². The van der Waals surface area contributed by atoms with Crippen LogP contribution in [-0.4, -0.2) is 47.2 Å². The quantitative estimate of drug-likeness (QED) is 0.457. The molecule has 0 amide bonds. The summed E-state index contributed by atoms with van der Waals surface area (Å²) in [7, 11) is -4.13. The van der Waals surface area contributed by atoms with Crippen LogP contribution in [0.4, 0.5) is 0 Å². The van der Waals surface area contributed by atoms with Crippen LogP contribution in [0, 0.1) is 0 Å². The lowest BCUT2D eigenvalue weighted by Gasteiger charge is -2.12. The van der Waals surface area contributed by atoms with Crippen LogP contribution in [0.15, 0.2) is 27.9 Å². The predicted octanol–water partition coefficient (Wildman–Crippen LogP) is -1.42. The molecule has 1 aromatic heterocycles. The molecular formula is C10H11N3O6S. The molecule has 0 bridgehead atoms. The highest BCUT2D eigenvalue weighted by atomic mass is 32.2. The molecule has 1 atom stereocenters. The number of fused-ring (bicyclic) bond motifs is 1. The van der Waals surface area contributed by atoms with E-state index < -0.39 is 34.3 Å². The van der Waals surface area contributed by atoms with Gasteiger partial charge < -0.3 is 20.2 Å². The number of imidazole rings is 1. The van der Waals surface area contributed by atoms with Gasteiger partial charge in [-0.25, -0.2) is 13.2 Å². The molecule has 0 aliphatic heterocycles. The second-order valence-electron chi connectivity index (χ2n) is 3.98. The molecule has 1 heterocycles. The van der Waals surface area contributed by atoms with E-state index in [2.05, 4.69) is 9.97 Å². The van der Waals surface area contributed by atoms with Gasteiger partial charge in [0.1, 0.15) is 6.04 Å². The summed E-state index contributed by atoms with van der Waals surface area (Å²) in [5.74, 6) is -1.49. The fraction of sp³-hybridized carbons (Fsp3) is 0.200.